The maximum atomic E-state index is 11.2. The van der Waals surface area contributed by atoms with Gasteiger partial charge in [-0.15, -0.1) is 0 Å². The first-order valence-electron chi connectivity index (χ1n) is 4.97. The topological polar surface area (TPSA) is 80.9 Å². The van der Waals surface area contributed by atoms with E-state index >= 15 is 0 Å². The van der Waals surface area contributed by atoms with Crippen molar-refractivity contribution in [3.63, 3.8) is 0 Å². The van der Waals surface area contributed by atoms with Gasteiger partial charge in [0, 0.05) is 28.3 Å². The minimum absolute atomic E-state index is 0.161. The summed E-state index contributed by atoms with van der Waals surface area (Å²) in [5.41, 5.74) is 6.12. The van der Waals surface area contributed by atoms with Crippen LogP contribution in [0.15, 0.2) is 0 Å². The minimum Gasteiger partial charge on any atom is -0.393 e. The zero-order valence-electron chi connectivity index (χ0n) is 8.86. The summed E-state index contributed by atoms with van der Waals surface area (Å²) < 4.78 is 11.2. The Morgan fingerprint density at radius 1 is 1.56 bits per heavy atom. The lowest BCUT2D eigenvalue weighted by Crippen LogP contribution is -2.21. The average Bonchev–Trinajstić information content (AvgIpc) is 2.60. The van der Waals surface area contributed by atoms with E-state index in [4.69, 9.17) is 17.3 Å². The van der Waals surface area contributed by atoms with Crippen molar-refractivity contribution < 1.29 is 4.21 Å². The van der Waals surface area contributed by atoms with Crippen molar-refractivity contribution in [2.45, 2.75) is 19.4 Å². The SMILES string of the molecule is Cc1nc(Cl)c(N)c(NC2CCS(=O)C2)n1. The first-order chi connectivity index (χ1) is 7.56. The van der Waals surface area contributed by atoms with Crippen molar-refractivity contribution in [1.29, 1.82) is 0 Å². The highest BCUT2D eigenvalue weighted by Gasteiger charge is 2.22. The fourth-order valence-corrected chi connectivity index (χ4v) is 3.25. The third-order valence-electron chi connectivity index (χ3n) is 2.43. The first-order valence-corrected chi connectivity index (χ1v) is 6.84. The summed E-state index contributed by atoms with van der Waals surface area (Å²) in [7, 11) is -0.724. The molecule has 5 nitrogen and oxygen atoms in total. The minimum atomic E-state index is -0.724. The van der Waals surface area contributed by atoms with Crippen LogP contribution in [0.2, 0.25) is 5.15 Å². The number of aryl methyl sites for hydroxylation is 1. The lowest BCUT2D eigenvalue weighted by Gasteiger charge is -2.14. The van der Waals surface area contributed by atoms with E-state index in [0.29, 0.717) is 23.1 Å². The summed E-state index contributed by atoms with van der Waals surface area (Å²) in [4.78, 5) is 8.14. The Labute approximate surface area is 101 Å². The van der Waals surface area contributed by atoms with Gasteiger partial charge in [0.2, 0.25) is 0 Å². The molecule has 16 heavy (non-hydrogen) atoms. The molecule has 2 heterocycles. The van der Waals surface area contributed by atoms with Gasteiger partial charge in [-0.1, -0.05) is 11.6 Å². The van der Waals surface area contributed by atoms with E-state index in [2.05, 4.69) is 15.3 Å². The van der Waals surface area contributed by atoms with Gasteiger partial charge in [0.15, 0.2) is 11.0 Å². The average molecular weight is 261 g/mol. The molecule has 1 aromatic heterocycles. The summed E-state index contributed by atoms with van der Waals surface area (Å²) in [6.45, 7) is 1.75. The highest BCUT2D eigenvalue weighted by Crippen LogP contribution is 2.25. The van der Waals surface area contributed by atoms with Crippen LogP contribution in [0.4, 0.5) is 11.5 Å². The van der Waals surface area contributed by atoms with Crippen LogP contribution in [0.5, 0.6) is 0 Å². The van der Waals surface area contributed by atoms with Crippen LogP contribution < -0.4 is 11.1 Å². The number of hydrogen-bond acceptors (Lipinski definition) is 5. The fraction of sp³-hybridized carbons (Fsp3) is 0.556. The molecule has 0 spiro atoms. The Kier molecular flexibility index (Phi) is 3.30. The maximum absolute atomic E-state index is 11.2. The van der Waals surface area contributed by atoms with Crippen LogP contribution in [0.25, 0.3) is 0 Å². The molecule has 1 aliphatic heterocycles. The van der Waals surface area contributed by atoms with E-state index in [0.717, 1.165) is 12.2 Å². The Bertz CT molecular complexity index is 440. The van der Waals surface area contributed by atoms with Crippen LogP contribution in [0.3, 0.4) is 0 Å². The van der Waals surface area contributed by atoms with Gasteiger partial charge in [-0.2, -0.15) is 0 Å². The second kappa shape index (κ2) is 4.55. The van der Waals surface area contributed by atoms with E-state index in [-0.39, 0.29) is 11.2 Å². The molecule has 0 saturated carbocycles. The zero-order valence-corrected chi connectivity index (χ0v) is 10.4. The van der Waals surface area contributed by atoms with E-state index in [1.807, 2.05) is 0 Å². The Morgan fingerprint density at radius 3 is 2.94 bits per heavy atom. The number of halogens is 1. The van der Waals surface area contributed by atoms with Crippen LogP contribution in [-0.2, 0) is 10.8 Å². The third-order valence-corrected chi connectivity index (χ3v) is 4.19. The maximum Gasteiger partial charge on any atom is 0.157 e. The predicted molar refractivity (Wildman–Crippen MR) is 66.1 cm³/mol. The molecule has 0 amide bonds. The van der Waals surface area contributed by atoms with Gasteiger partial charge < -0.3 is 11.1 Å². The first kappa shape index (κ1) is 11.6. The number of nitrogen functional groups attached to an aromatic ring is 1. The van der Waals surface area contributed by atoms with Crippen molar-refractivity contribution in [3.05, 3.63) is 11.0 Å². The zero-order chi connectivity index (χ0) is 11.7. The van der Waals surface area contributed by atoms with Gasteiger partial charge in [-0.05, 0) is 13.3 Å². The highest BCUT2D eigenvalue weighted by molar-refractivity contribution is 7.85. The van der Waals surface area contributed by atoms with Crippen LogP contribution in [0.1, 0.15) is 12.2 Å². The van der Waals surface area contributed by atoms with E-state index < -0.39 is 10.8 Å². The summed E-state index contributed by atoms with van der Waals surface area (Å²) in [6, 6.07) is 0.161. The van der Waals surface area contributed by atoms with E-state index in [1.54, 1.807) is 6.92 Å². The monoisotopic (exact) mass is 260 g/mol. The number of nitrogens with zero attached hydrogens (tertiary/aromatic N) is 2. The number of aromatic nitrogens is 2. The molecule has 1 saturated heterocycles. The van der Waals surface area contributed by atoms with Crippen LogP contribution in [0, 0.1) is 6.92 Å². The lowest BCUT2D eigenvalue weighted by atomic mass is 10.2. The number of rotatable bonds is 2. The second-order valence-corrected chi connectivity index (χ2v) is 5.74. The van der Waals surface area contributed by atoms with Crippen LogP contribution >= 0.6 is 11.6 Å². The van der Waals surface area contributed by atoms with Crippen molar-refractivity contribution >= 4 is 33.9 Å². The smallest absolute Gasteiger partial charge is 0.157 e. The largest absolute Gasteiger partial charge is 0.393 e. The molecule has 0 bridgehead atoms. The summed E-state index contributed by atoms with van der Waals surface area (Å²) in [5.74, 6) is 2.48. The number of nitrogens with one attached hydrogen (secondary N) is 1. The number of hydrogen-bond donors (Lipinski definition) is 2. The molecule has 88 valence electrons. The molecule has 1 aromatic rings. The fourth-order valence-electron chi connectivity index (χ4n) is 1.63. The standard InChI is InChI=1S/C9H13ClN4OS/c1-5-12-8(10)7(11)9(13-5)14-6-2-3-16(15)4-6/h6H,2-4,11H2,1H3,(H,12,13,14). The van der Waals surface area contributed by atoms with Crippen molar-refractivity contribution in [2.24, 2.45) is 0 Å². The Balaban J connectivity index is 2.18. The van der Waals surface area contributed by atoms with Gasteiger partial charge in [0.1, 0.15) is 11.5 Å². The molecule has 2 atom stereocenters. The van der Waals surface area contributed by atoms with Crippen LogP contribution in [-0.4, -0.2) is 31.7 Å². The molecule has 2 unspecified atom stereocenters. The van der Waals surface area contributed by atoms with Gasteiger partial charge in [0.25, 0.3) is 0 Å². The summed E-state index contributed by atoms with van der Waals surface area (Å²) in [6.07, 6.45) is 0.868. The molecule has 1 fully saturated rings. The number of anilines is 2. The molecule has 0 aromatic carbocycles. The Hall–Kier alpha value is -0.880. The normalized spacial score (nSPS) is 24.6. The van der Waals surface area contributed by atoms with E-state index in [9.17, 15) is 4.21 Å². The third kappa shape index (κ3) is 2.44. The predicted octanol–water partition coefficient (Wildman–Crippen LogP) is 0.954. The Morgan fingerprint density at radius 2 is 2.31 bits per heavy atom. The molecule has 1 aliphatic rings. The molecule has 0 aliphatic carbocycles. The van der Waals surface area contributed by atoms with Crippen molar-refractivity contribution in [2.75, 3.05) is 22.6 Å². The highest BCUT2D eigenvalue weighted by atomic mass is 35.5. The second-order valence-electron chi connectivity index (χ2n) is 3.76. The van der Waals surface area contributed by atoms with E-state index in [1.165, 1.54) is 0 Å². The molecule has 3 N–H and O–H groups in total. The lowest BCUT2D eigenvalue weighted by molar-refractivity contribution is 0.686. The van der Waals surface area contributed by atoms with Gasteiger partial charge in [-0.3, -0.25) is 4.21 Å². The molecular formula is C9H13ClN4OS. The quantitative estimate of drug-likeness (QED) is 0.774. The summed E-state index contributed by atoms with van der Waals surface area (Å²) in [5, 5.41) is 3.43. The molecular weight excluding hydrogens is 248 g/mol. The van der Waals surface area contributed by atoms with Crippen molar-refractivity contribution in [1.82, 2.24) is 9.97 Å². The molecule has 0 radical (unpaired) electrons. The van der Waals surface area contributed by atoms with Crippen molar-refractivity contribution in [3.8, 4) is 0 Å². The molecule has 7 heteroatoms. The van der Waals surface area contributed by atoms with Gasteiger partial charge >= 0.3 is 0 Å². The summed E-state index contributed by atoms with van der Waals surface area (Å²) >= 11 is 5.86. The molecule has 2 rings (SSSR count). The van der Waals surface area contributed by atoms with Gasteiger partial charge in [-0.25, -0.2) is 9.97 Å². The number of nitrogens with two attached hydrogens (primary N) is 1. The van der Waals surface area contributed by atoms with Gasteiger partial charge in [0.05, 0.1) is 0 Å².